The monoisotopic (exact) mass is 531 g/mol. The minimum Gasteiger partial charge on any atom is -0.480 e. The minimum absolute atomic E-state index is 0.0733. The molecule has 0 radical (unpaired) electrons. The van der Waals surface area contributed by atoms with Crippen molar-refractivity contribution >= 4 is 22.6 Å². The van der Waals surface area contributed by atoms with Crippen LogP contribution in [0, 0.1) is 11.3 Å². The Bertz CT molecular complexity index is 1320. The number of nitrogens with one attached hydrogen (secondary N) is 2. The van der Waals surface area contributed by atoms with Crippen LogP contribution in [0.15, 0.2) is 36.5 Å². The normalized spacial score (nSPS) is 21.7. The number of ketones is 1. The summed E-state index contributed by atoms with van der Waals surface area (Å²) in [7, 11) is 3.78. The van der Waals surface area contributed by atoms with Crippen LogP contribution in [0.5, 0.6) is 5.88 Å². The Kier molecular flexibility index (Phi) is 8.31. The Morgan fingerprint density at radius 3 is 2.90 bits per heavy atom. The number of aromatic nitrogens is 3. The molecule has 3 aromatic rings. The number of likely N-dealkylation sites (tertiary alicyclic amines) is 1. The van der Waals surface area contributed by atoms with Crippen molar-refractivity contribution in [3.63, 3.8) is 0 Å². The number of carbonyl (C=O) groups excluding carboxylic acids is 2. The molecule has 1 aliphatic carbocycles. The molecule has 1 unspecified atom stereocenters. The molecule has 2 fully saturated rings. The molecule has 3 atom stereocenters. The maximum Gasteiger partial charge on any atom is 0.224 e. The van der Waals surface area contributed by atoms with E-state index in [9.17, 15) is 9.59 Å². The number of ether oxygens (including phenoxy) is 1. The van der Waals surface area contributed by atoms with Crippen molar-refractivity contribution in [2.45, 2.75) is 70.8 Å². The number of Topliss-reactive ketones (excluding diaryl/α,β-unsaturated/α-hetero) is 1. The summed E-state index contributed by atoms with van der Waals surface area (Å²) in [6, 6.07) is 9.80. The second-order valence-corrected chi connectivity index (χ2v) is 11.4. The summed E-state index contributed by atoms with van der Waals surface area (Å²) >= 11 is 0. The fourth-order valence-corrected chi connectivity index (χ4v) is 6.24. The average Bonchev–Trinajstić information content (AvgIpc) is 3.39. The quantitative estimate of drug-likeness (QED) is 0.301. The molecule has 1 saturated carbocycles. The SMILES string of the molecule is CCC(=O)CCCCC[C@H](NC(=O)[C@@H]1CC12CCCN(C)C2)c1ncc(-c2cc3ccccc3nc2OC)[nH]1. The molecule has 0 bridgehead atoms. The van der Waals surface area contributed by atoms with Gasteiger partial charge in [-0.05, 0) is 63.2 Å². The number of carbonyl (C=O) groups is 2. The van der Waals surface area contributed by atoms with Gasteiger partial charge in [-0.3, -0.25) is 9.59 Å². The zero-order valence-electron chi connectivity index (χ0n) is 23.5. The van der Waals surface area contributed by atoms with Crippen molar-refractivity contribution in [3.8, 4) is 17.1 Å². The summed E-state index contributed by atoms with van der Waals surface area (Å²) in [4.78, 5) is 40.4. The average molecular weight is 532 g/mol. The molecule has 1 aromatic carbocycles. The number of aromatic amines is 1. The van der Waals surface area contributed by atoms with Crippen molar-refractivity contribution in [1.29, 1.82) is 0 Å². The van der Waals surface area contributed by atoms with E-state index in [1.165, 1.54) is 0 Å². The number of hydrogen-bond acceptors (Lipinski definition) is 6. The van der Waals surface area contributed by atoms with Crippen molar-refractivity contribution < 1.29 is 14.3 Å². The molecular weight excluding hydrogens is 490 g/mol. The molecule has 1 saturated heterocycles. The third kappa shape index (κ3) is 6.16. The first-order chi connectivity index (χ1) is 18.9. The third-order valence-electron chi connectivity index (χ3n) is 8.56. The Labute approximate surface area is 230 Å². The second-order valence-electron chi connectivity index (χ2n) is 11.4. The lowest BCUT2D eigenvalue weighted by Crippen LogP contribution is -2.38. The standard InChI is InChI=1S/C31H41N5O3/c1-4-22(37)12-6-5-7-14-26(34-29(38)24-18-31(24)15-10-16-36(2)20-31)28-32-19-27(33-28)23-17-21-11-8-9-13-25(21)35-30(23)39-3/h8-9,11,13,17,19,24,26H,4-7,10,12,14-16,18,20H2,1-3H3,(H,32,33)(H,34,38)/t24-,26-,31?/m0/s1. The van der Waals surface area contributed by atoms with Gasteiger partial charge in [0.25, 0.3) is 0 Å². The number of pyridine rings is 1. The fourth-order valence-electron chi connectivity index (χ4n) is 6.24. The topological polar surface area (TPSA) is 100 Å². The van der Waals surface area contributed by atoms with Crippen LogP contribution in [-0.4, -0.2) is 58.8 Å². The van der Waals surface area contributed by atoms with Crippen molar-refractivity contribution in [2.75, 3.05) is 27.2 Å². The number of rotatable bonds is 12. The predicted molar refractivity (Wildman–Crippen MR) is 152 cm³/mol. The number of amides is 1. The van der Waals surface area contributed by atoms with Gasteiger partial charge < -0.3 is 19.9 Å². The van der Waals surface area contributed by atoms with Gasteiger partial charge in [0, 0.05) is 30.7 Å². The van der Waals surface area contributed by atoms with Gasteiger partial charge >= 0.3 is 0 Å². The van der Waals surface area contributed by atoms with E-state index >= 15 is 0 Å². The van der Waals surface area contributed by atoms with Gasteiger partial charge in [-0.1, -0.05) is 38.0 Å². The largest absolute Gasteiger partial charge is 0.480 e. The third-order valence-corrected chi connectivity index (χ3v) is 8.56. The minimum atomic E-state index is -0.216. The number of H-pyrrole nitrogens is 1. The van der Waals surface area contributed by atoms with Gasteiger partial charge in [-0.25, -0.2) is 9.97 Å². The van der Waals surface area contributed by atoms with Gasteiger partial charge in [0.05, 0.1) is 36.1 Å². The molecule has 8 nitrogen and oxygen atoms in total. The molecule has 1 spiro atoms. The number of methoxy groups -OCH3 is 1. The molecule has 1 aliphatic heterocycles. The molecule has 2 N–H and O–H groups in total. The Hall–Kier alpha value is -3.26. The molecule has 208 valence electrons. The summed E-state index contributed by atoms with van der Waals surface area (Å²) < 4.78 is 5.61. The van der Waals surface area contributed by atoms with Gasteiger partial charge in [0.15, 0.2) is 0 Å². The first-order valence-electron chi connectivity index (χ1n) is 14.4. The highest BCUT2D eigenvalue weighted by molar-refractivity contribution is 5.85. The van der Waals surface area contributed by atoms with Crippen LogP contribution in [-0.2, 0) is 9.59 Å². The Morgan fingerprint density at radius 1 is 1.26 bits per heavy atom. The molecular formula is C31H41N5O3. The van der Waals surface area contributed by atoms with E-state index in [1.807, 2.05) is 31.2 Å². The summed E-state index contributed by atoms with van der Waals surface area (Å²) in [6.07, 6.45) is 9.80. The second kappa shape index (κ2) is 11.9. The summed E-state index contributed by atoms with van der Waals surface area (Å²) in [5.41, 5.74) is 2.66. The number of unbranched alkanes of at least 4 members (excludes halogenated alkanes) is 2. The number of nitrogens with zero attached hydrogens (tertiary/aromatic N) is 3. The van der Waals surface area contributed by atoms with Gasteiger partial charge in [0.2, 0.25) is 11.8 Å². The zero-order chi connectivity index (χ0) is 27.4. The van der Waals surface area contributed by atoms with E-state index in [0.717, 1.165) is 86.0 Å². The van der Waals surface area contributed by atoms with Crippen LogP contribution in [0.2, 0.25) is 0 Å². The van der Waals surface area contributed by atoms with Crippen LogP contribution in [0.4, 0.5) is 0 Å². The first kappa shape index (κ1) is 27.3. The highest BCUT2D eigenvalue weighted by Crippen LogP contribution is 2.58. The van der Waals surface area contributed by atoms with Gasteiger partial charge in [0.1, 0.15) is 11.6 Å². The van der Waals surface area contributed by atoms with Crippen molar-refractivity contribution in [2.24, 2.45) is 11.3 Å². The van der Waals surface area contributed by atoms with E-state index in [-0.39, 0.29) is 23.3 Å². The Balaban J connectivity index is 1.33. The number of para-hydroxylation sites is 1. The summed E-state index contributed by atoms with van der Waals surface area (Å²) in [6.45, 7) is 4.03. The van der Waals surface area contributed by atoms with E-state index in [4.69, 9.17) is 9.72 Å². The number of benzene rings is 1. The molecule has 2 aliphatic rings. The molecule has 3 heterocycles. The van der Waals surface area contributed by atoms with Crippen molar-refractivity contribution in [3.05, 3.63) is 42.4 Å². The number of imidazole rings is 1. The van der Waals surface area contributed by atoms with E-state index in [1.54, 1.807) is 13.3 Å². The lowest BCUT2D eigenvalue weighted by Gasteiger charge is -2.30. The maximum absolute atomic E-state index is 13.5. The van der Waals surface area contributed by atoms with Crippen LogP contribution in [0.25, 0.3) is 22.2 Å². The Morgan fingerprint density at radius 2 is 2.10 bits per heavy atom. The predicted octanol–water partition coefficient (Wildman–Crippen LogP) is 5.45. The fraction of sp³-hybridized carbons (Fsp3) is 0.548. The summed E-state index contributed by atoms with van der Waals surface area (Å²) in [5.74, 6) is 1.80. The van der Waals surface area contributed by atoms with Crippen LogP contribution < -0.4 is 10.1 Å². The van der Waals surface area contributed by atoms with Crippen LogP contribution in [0.3, 0.4) is 0 Å². The molecule has 39 heavy (non-hydrogen) atoms. The van der Waals surface area contributed by atoms with Crippen LogP contribution in [0.1, 0.15) is 76.6 Å². The first-order valence-corrected chi connectivity index (χ1v) is 14.4. The van der Waals surface area contributed by atoms with Gasteiger partial charge in [-0.15, -0.1) is 0 Å². The smallest absolute Gasteiger partial charge is 0.224 e. The lowest BCUT2D eigenvalue weighted by molar-refractivity contribution is -0.124. The van der Waals surface area contributed by atoms with E-state index < -0.39 is 0 Å². The van der Waals surface area contributed by atoms with E-state index in [0.29, 0.717) is 24.5 Å². The van der Waals surface area contributed by atoms with Crippen LogP contribution >= 0.6 is 0 Å². The highest BCUT2D eigenvalue weighted by Gasteiger charge is 2.58. The number of hydrogen-bond donors (Lipinski definition) is 2. The maximum atomic E-state index is 13.5. The van der Waals surface area contributed by atoms with E-state index in [2.05, 4.69) is 33.3 Å². The highest BCUT2D eigenvalue weighted by atomic mass is 16.5. The molecule has 8 heteroatoms. The summed E-state index contributed by atoms with van der Waals surface area (Å²) in [5, 5.41) is 4.37. The van der Waals surface area contributed by atoms with Gasteiger partial charge in [-0.2, -0.15) is 0 Å². The van der Waals surface area contributed by atoms with Crippen molar-refractivity contribution in [1.82, 2.24) is 25.2 Å². The number of fused-ring (bicyclic) bond motifs is 1. The zero-order valence-corrected chi connectivity index (χ0v) is 23.5. The molecule has 1 amide bonds. The number of piperidine rings is 1. The lowest BCUT2D eigenvalue weighted by atomic mass is 9.92. The molecule has 2 aromatic heterocycles. The molecule has 5 rings (SSSR count).